The molecule has 0 radical (unpaired) electrons. The van der Waals surface area contributed by atoms with Crippen LogP contribution in [0.15, 0.2) is 30.5 Å². The summed E-state index contributed by atoms with van der Waals surface area (Å²) in [5.41, 5.74) is 14.7. The van der Waals surface area contributed by atoms with E-state index in [0.717, 1.165) is 36.4 Å². The van der Waals surface area contributed by atoms with Crippen molar-refractivity contribution in [2.24, 2.45) is 10.8 Å². The summed E-state index contributed by atoms with van der Waals surface area (Å²) in [7, 11) is 0. The van der Waals surface area contributed by atoms with Gasteiger partial charge in [0.05, 0.1) is 0 Å². The third-order valence-corrected chi connectivity index (χ3v) is 7.81. The van der Waals surface area contributed by atoms with Gasteiger partial charge in [0.2, 0.25) is 0 Å². The van der Waals surface area contributed by atoms with Crippen LogP contribution < -0.4 is 4.90 Å². The molecule has 4 aromatic heterocycles. The maximum Gasteiger partial charge on any atom is 0.138 e. The van der Waals surface area contributed by atoms with Gasteiger partial charge in [-0.15, -0.1) is 0 Å². The van der Waals surface area contributed by atoms with Crippen molar-refractivity contribution in [2.75, 3.05) is 4.90 Å². The summed E-state index contributed by atoms with van der Waals surface area (Å²) < 4.78 is 0. The number of anilines is 1. The molecule has 1 aliphatic heterocycles. The van der Waals surface area contributed by atoms with Gasteiger partial charge in [-0.1, -0.05) is 41.5 Å². The van der Waals surface area contributed by atoms with Crippen molar-refractivity contribution in [1.82, 2.24) is 19.9 Å². The number of H-pyrrole nitrogens is 1. The Morgan fingerprint density at radius 3 is 1.86 bits per heavy atom. The number of nitrogens with zero attached hydrogens (tertiary/aromatic N) is 4. The zero-order chi connectivity index (χ0) is 32.5. The van der Waals surface area contributed by atoms with Crippen LogP contribution in [0, 0.1) is 52.4 Å². The minimum atomic E-state index is 0.237. The number of aryl methyl sites for hydroxylation is 5. The van der Waals surface area contributed by atoms with E-state index in [4.69, 9.17) is 0 Å². The van der Waals surface area contributed by atoms with Crippen molar-refractivity contribution in [1.29, 1.82) is 0 Å². The largest absolute Gasteiger partial charge is 0.362 e. The number of nitrogens with one attached hydrogen (secondary N) is 1. The zero-order valence-electron chi connectivity index (χ0n) is 29.8. The second kappa shape index (κ2) is 12.8. The predicted octanol–water partition coefficient (Wildman–Crippen LogP) is 9.87. The summed E-state index contributed by atoms with van der Waals surface area (Å²) in [4.78, 5) is 19.0. The van der Waals surface area contributed by atoms with Gasteiger partial charge < -0.3 is 9.88 Å². The van der Waals surface area contributed by atoms with Crippen LogP contribution in [-0.4, -0.2) is 25.5 Å². The molecule has 0 saturated carbocycles. The predicted molar refractivity (Wildman–Crippen MR) is 185 cm³/mol. The summed E-state index contributed by atoms with van der Waals surface area (Å²) >= 11 is 0. The van der Waals surface area contributed by atoms with Gasteiger partial charge in [0.15, 0.2) is 0 Å². The molecular weight excluding hydrogens is 526 g/mol. The molecule has 1 N–H and O–H groups in total. The molecule has 0 unspecified atom stereocenters. The lowest BCUT2D eigenvalue weighted by Crippen LogP contribution is -2.47. The van der Waals surface area contributed by atoms with E-state index < -0.39 is 0 Å². The van der Waals surface area contributed by atoms with Crippen LogP contribution >= 0.6 is 0 Å². The van der Waals surface area contributed by atoms with E-state index in [2.05, 4.69) is 153 Å². The second-order valence-electron chi connectivity index (χ2n) is 15.9. The number of hydrogen-bond donors (Lipinski definition) is 1. The Kier molecular flexibility index (Phi) is 10.2. The van der Waals surface area contributed by atoms with Gasteiger partial charge in [0, 0.05) is 63.4 Å². The highest BCUT2D eigenvalue weighted by Crippen LogP contribution is 2.39. The maximum atomic E-state index is 4.53. The average Bonchev–Trinajstić information content (AvgIpc) is 3.17. The van der Waals surface area contributed by atoms with Gasteiger partial charge in [-0.05, 0) is 127 Å². The lowest BCUT2D eigenvalue weighted by Gasteiger charge is -2.46. The monoisotopic (exact) mass is 583 g/mol. The molecule has 5 nitrogen and oxygen atoms in total. The van der Waals surface area contributed by atoms with Crippen molar-refractivity contribution in [3.05, 3.63) is 81.2 Å². The molecule has 4 aromatic rings. The summed E-state index contributed by atoms with van der Waals surface area (Å²) in [6.45, 7) is 34.0. The van der Waals surface area contributed by atoms with Crippen LogP contribution in [-0.2, 0) is 19.4 Å². The number of fused-ring (bicyclic) bond motifs is 2. The summed E-state index contributed by atoms with van der Waals surface area (Å²) in [5.74, 6) is 0. The molecule has 0 atom stereocenters. The van der Waals surface area contributed by atoms with Crippen LogP contribution in [0.5, 0.6) is 0 Å². The van der Waals surface area contributed by atoms with E-state index in [9.17, 15) is 0 Å². The van der Waals surface area contributed by atoms with E-state index in [1.807, 2.05) is 6.20 Å². The summed E-state index contributed by atoms with van der Waals surface area (Å²) in [6, 6.07) is 8.73. The first-order valence-corrected chi connectivity index (χ1v) is 15.8. The molecule has 43 heavy (non-hydrogen) atoms. The third kappa shape index (κ3) is 9.39. The highest BCUT2D eigenvalue weighted by Gasteiger charge is 2.32. The molecule has 5 heterocycles. The van der Waals surface area contributed by atoms with Crippen molar-refractivity contribution in [3.8, 4) is 0 Å². The van der Waals surface area contributed by atoms with Gasteiger partial charge in [0.1, 0.15) is 5.65 Å². The number of pyridine rings is 3. The fourth-order valence-electron chi connectivity index (χ4n) is 5.67. The average molecular weight is 584 g/mol. The lowest BCUT2D eigenvalue weighted by molar-refractivity contribution is 0.410. The van der Waals surface area contributed by atoms with E-state index in [0.29, 0.717) is 10.8 Å². The molecule has 0 bridgehead atoms. The number of hydrogen-bond acceptors (Lipinski definition) is 4. The van der Waals surface area contributed by atoms with Gasteiger partial charge in [-0.2, -0.15) is 0 Å². The molecule has 234 valence electrons. The van der Waals surface area contributed by atoms with Gasteiger partial charge in [0.25, 0.3) is 0 Å². The standard InChI is InChI=1S/C14H20N2.C13H21N.C11H16N2/c1-9-6-11(8-14(3,4)5)12-7-10(2)16-13(12)15-9;1-9-7-12(8-13(4,5)6)10(2)11(3)14-9;1-8-9-7-13(11(2,3)4)10(9)5-6-12-8/h6-7H,8H2,1-5H3,(H,15,16);7H,8H2,1-6H3;5-6H,7H2,1-4H3. The van der Waals surface area contributed by atoms with Crippen LogP contribution in [0.3, 0.4) is 0 Å². The fourth-order valence-corrected chi connectivity index (χ4v) is 5.67. The molecule has 0 aliphatic carbocycles. The van der Waals surface area contributed by atoms with Crippen molar-refractivity contribution in [2.45, 2.75) is 129 Å². The minimum Gasteiger partial charge on any atom is -0.362 e. The smallest absolute Gasteiger partial charge is 0.138 e. The summed E-state index contributed by atoms with van der Waals surface area (Å²) in [5, 5.41) is 1.28. The first-order valence-electron chi connectivity index (χ1n) is 15.8. The Morgan fingerprint density at radius 1 is 0.721 bits per heavy atom. The molecule has 0 spiro atoms. The Bertz CT molecular complexity index is 1550. The Morgan fingerprint density at radius 2 is 1.28 bits per heavy atom. The Labute approximate surface area is 262 Å². The molecular formula is C38H57N5. The minimum absolute atomic E-state index is 0.237. The maximum absolute atomic E-state index is 4.53. The van der Waals surface area contributed by atoms with Crippen molar-refractivity contribution in [3.63, 3.8) is 0 Å². The fraction of sp³-hybridized carbons (Fsp3) is 0.553. The molecule has 0 saturated heterocycles. The highest BCUT2D eigenvalue weighted by molar-refractivity contribution is 5.80. The van der Waals surface area contributed by atoms with E-state index in [1.165, 1.54) is 50.4 Å². The van der Waals surface area contributed by atoms with E-state index >= 15 is 0 Å². The van der Waals surface area contributed by atoms with Crippen molar-refractivity contribution < 1.29 is 0 Å². The highest BCUT2D eigenvalue weighted by atomic mass is 15.2. The third-order valence-electron chi connectivity index (χ3n) is 7.81. The van der Waals surface area contributed by atoms with Gasteiger partial charge in [-0.25, -0.2) is 4.98 Å². The van der Waals surface area contributed by atoms with Crippen LogP contribution in [0.4, 0.5) is 5.69 Å². The van der Waals surface area contributed by atoms with Crippen molar-refractivity contribution >= 4 is 16.7 Å². The Balaban J connectivity index is 0.000000178. The SMILES string of the molecule is Cc1cc(CC(C)(C)C)c(C)c(C)n1.Cc1cc(CC(C)(C)C)c2cc(C)[nH]c2n1.Cc1nccc2c1CN2C(C)(C)C. The first kappa shape index (κ1) is 34.3. The summed E-state index contributed by atoms with van der Waals surface area (Å²) in [6.07, 6.45) is 4.11. The molecule has 0 aromatic carbocycles. The van der Waals surface area contributed by atoms with Crippen LogP contribution in [0.2, 0.25) is 0 Å². The molecule has 1 aliphatic rings. The molecule has 0 fully saturated rings. The number of aromatic nitrogens is 4. The number of rotatable bonds is 2. The van der Waals surface area contributed by atoms with E-state index in [-0.39, 0.29) is 5.54 Å². The van der Waals surface area contributed by atoms with Crippen LogP contribution in [0.1, 0.15) is 113 Å². The van der Waals surface area contributed by atoms with E-state index in [1.54, 1.807) is 0 Å². The Hall–Kier alpha value is -3.21. The molecule has 5 heteroatoms. The second-order valence-corrected chi connectivity index (χ2v) is 15.9. The molecule has 5 rings (SSSR count). The quantitative estimate of drug-likeness (QED) is 0.255. The first-order chi connectivity index (χ1) is 19.6. The van der Waals surface area contributed by atoms with Crippen LogP contribution in [0.25, 0.3) is 11.0 Å². The van der Waals surface area contributed by atoms with Gasteiger partial charge in [-0.3, -0.25) is 9.97 Å². The molecule has 0 amide bonds. The zero-order valence-corrected chi connectivity index (χ0v) is 29.8. The van der Waals surface area contributed by atoms with Gasteiger partial charge >= 0.3 is 0 Å². The lowest BCUT2D eigenvalue weighted by atomic mass is 9.86. The number of aromatic amines is 1. The normalized spacial score (nSPS) is 13.0. The topological polar surface area (TPSA) is 57.7 Å².